The lowest BCUT2D eigenvalue weighted by atomic mass is 9.91. The largest absolute Gasteiger partial charge is 0.508 e. The molecule has 0 aliphatic rings. The van der Waals surface area contributed by atoms with Gasteiger partial charge in [-0.25, -0.2) is 4.79 Å². The molecule has 0 bridgehead atoms. The fraction of sp³-hybridized carbons (Fsp3) is 0.462. The van der Waals surface area contributed by atoms with Crippen LogP contribution in [0.3, 0.4) is 0 Å². The molecule has 0 saturated carbocycles. The van der Waals surface area contributed by atoms with Crippen LogP contribution in [0.4, 0.5) is 0 Å². The Hall–Kier alpha value is -1.55. The number of benzene rings is 1. The van der Waals surface area contributed by atoms with Crippen LogP contribution < -0.4 is 0 Å². The maximum Gasteiger partial charge on any atom is 0.333 e. The molecule has 2 N–H and O–H groups in total. The zero-order chi connectivity index (χ0) is 12.8. The zero-order valence-electron chi connectivity index (χ0n) is 10.1. The molecule has 4 heteroatoms. The van der Waals surface area contributed by atoms with E-state index in [1.165, 1.54) is 0 Å². The first kappa shape index (κ1) is 13.5. The molecule has 1 unspecified atom stereocenters. The Morgan fingerprint density at radius 1 is 1.29 bits per heavy atom. The van der Waals surface area contributed by atoms with E-state index >= 15 is 0 Å². The van der Waals surface area contributed by atoms with Crippen molar-refractivity contribution in [1.82, 2.24) is 0 Å². The lowest BCUT2D eigenvalue weighted by Crippen LogP contribution is -2.30. The third kappa shape index (κ3) is 3.46. The highest BCUT2D eigenvalue weighted by atomic mass is 16.5. The summed E-state index contributed by atoms with van der Waals surface area (Å²) in [5.74, 6) is -0.980. The van der Waals surface area contributed by atoms with Gasteiger partial charge in [-0.1, -0.05) is 19.1 Å². The van der Waals surface area contributed by atoms with Crippen molar-refractivity contribution in [2.45, 2.75) is 32.3 Å². The summed E-state index contributed by atoms with van der Waals surface area (Å²) in [6, 6.07) is 6.59. The maximum atomic E-state index is 11.2. The Morgan fingerprint density at radius 3 is 2.29 bits per heavy atom. The summed E-state index contributed by atoms with van der Waals surface area (Å²) in [7, 11) is 0. The molecule has 1 rings (SSSR count). The number of aliphatic carboxylic acids is 1. The number of aromatic hydroxyl groups is 1. The van der Waals surface area contributed by atoms with E-state index in [0.717, 1.165) is 5.56 Å². The molecule has 0 saturated heterocycles. The average Bonchev–Trinajstić information content (AvgIpc) is 2.31. The first-order valence-electron chi connectivity index (χ1n) is 5.73. The number of rotatable bonds is 6. The van der Waals surface area contributed by atoms with Gasteiger partial charge in [-0.15, -0.1) is 0 Å². The van der Waals surface area contributed by atoms with Crippen molar-refractivity contribution in [2.24, 2.45) is 0 Å². The van der Waals surface area contributed by atoms with Gasteiger partial charge in [0.05, 0.1) is 0 Å². The van der Waals surface area contributed by atoms with Crippen molar-refractivity contribution in [3.05, 3.63) is 29.8 Å². The minimum atomic E-state index is -0.952. The second kappa shape index (κ2) is 6.25. The van der Waals surface area contributed by atoms with E-state index in [1.54, 1.807) is 31.2 Å². The number of carboxylic acid groups (broad SMARTS) is 1. The smallest absolute Gasteiger partial charge is 0.333 e. The van der Waals surface area contributed by atoms with E-state index in [1.807, 2.05) is 6.92 Å². The minimum Gasteiger partial charge on any atom is -0.508 e. The van der Waals surface area contributed by atoms with Crippen molar-refractivity contribution in [3.63, 3.8) is 0 Å². The SMILES string of the molecule is CCO[C@@H](C(=O)O)C(CC)c1ccc(O)cc1. The molecule has 1 aromatic rings. The topological polar surface area (TPSA) is 66.8 Å². The van der Waals surface area contributed by atoms with Gasteiger partial charge < -0.3 is 14.9 Å². The van der Waals surface area contributed by atoms with Crippen molar-refractivity contribution < 1.29 is 19.7 Å². The van der Waals surface area contributed by atoms with E-state index in [-0.39, 0.29) is 11.7 Å². The quantitative estimate of drug-likeness (QED) is 0.798. The van der Waals surface area contributed by atoms with Gasteiger partial charge in [-0.2, -0.15) is 0 Å². The van der Waals surface area contributed by atoms with Crippen LogP contribution in [0.25, 0.3) is 0 Å². The summed E-state index contributed by atoms with van der Waals surface area (Å²) in [6.45, 7) is 4.07. The van der Waals surface area contributed by atoms with Gasteiger partial charge in [0.25, 0.3) is 0 Å². The second-order valence-corrected chi connectivity index (χ2v) is 3.82. The molecule has 4 nitrogen and oxygen atoms in total. The van der Waals surface area contributed by atoms with Crippen LogP contribution in [0.1, 0.15) is 31.7 Å². The highest BCUT2D eigenvalue weighted by Crippen LogP contribution is 2.27. The lowest BCUT2D eigenvalue weighted by molar-refractivity contribution is -0.151. The first-order valence-corrected chi connectivity index (χ1v) is 5.73. The molecule has 94 valence electrons. The second-order valence-electron chi connectivity index (χ2n) is 3.82. The highest BCUT2D eigenvalue weighted by molar-refractivity contribution is 5.73. The fourth-order valence-electron chi connectivity index (χ4n) is 1.89. The first-order chi connectivity index (χ1) is 8.10. The van der Waals surface area contributed by atoms with E-state index in [9.17, 15) is 9.90 Å². The Balaban J connectivity index is 2.95. The maximum absolute atomic E-state index is 11.2. The Bertz CT molecular complexity index is 358. The van der Waals surface area contributed by atoms with E-state index in [2.05, 4.69) is 0 Å². The van der Waals surface area contributed by atoms with E-state index in [4.69, 9.17) is 9.84 Å². The summed E-state index contributed by atoms with van der Waals surface area (Å²) in [4.78, 5) is 11.2. The molecular formula is C13H18O4. The van der Waals surface area contributed by atoms with Crippen LogP contribution in [-0.4, -0.2) is 28.9 Å². The van der Waals surface area contributed by atoms with E-state index in [0.29, 0.717) is 13.0 Å². The monoisotopic (exact) mass is 238 g/mol. The van der Waals surface area contributed by atoms with Gasteiger partial charge >= 0.3 is 5.97 Å². The number of hydrogen-bond donors (Lipinski definition) is 2. The standard InChI is InChI=1S/C13H18O4/c1-3-11(12(13(15)16)17-4-2)9-5-7-10(14)8-6-9/h5-8,11-12,14H,3-4H2,1-2H3,(H,15,16)/t11?,12-/m1/s1. The van der Waals surface area contributed by atoms with Crippen molar-refractivity contribution in [3.8, 4) is 5.75 Å². The molecule has 0 radical (unpaired) electrons. The molecule has 1 aromatic carbocycles. The summed E-state index contributed by atoms with van der Waals surface area (Å²) >= 11 is 0. The van der Waals surface area contributed by atoms with Crippen molar-refractivity contribution in [1.29, 1.82) is 0 Å². The summed E-state index contributed by atoms with van der Waals surface area (Å²) in [5.41, 5.74) is 0.867. The summed E-state index contributed by atoms with van der Waals surface area (Å²) in [5, 5.41) is 18.4. The van der Waals surface area contributed by atoms with Crippen LogP contribution in [-0.2, 0) is 9.53 Å². The van der Waals surface area contributed by atoms with Gasteiger partial charge in [0.15, 0.2) is 6.10 Å². The average molecular weight is 238 g/mol. The molecule has 0 aromatic heterocycles. The van der Waals surface area contributed by atoms with Crippen LogP contribution in [0.5, 0.6) is 5.75 Å². The molecule has 2 atom stereocenters. The molecular weight excluding hydrogens is 220 g/mol. The van der Waals surface area contributed by atoms with Crippen LogP contribution in [0.15, 0.2) is 24.3 Å². The Kier molecular flexibility index (Phi) is 4.97. The molecule has 0 heterocycles. The predicted molar refractivity (Wildman–Crippen MR) is 64.2 cm³/mol. The molecule has 0 spiro atoms. The van der Waals surface area contributed by atoms with Crippen LogP contribution in [0, 0.1) is 0 Å². The van der Waals surface area contributed by atoms with Gasteiger partial charge in [-0.05, 0) is 31.0 Å². The van der Waals surface area contributed by atoms with Crippen LogP contribution in [0.2, 0.25) is 0 Å². The zero-order valence-corrected chi connectivity index (χ0v) is 10.1. The Labute approximate surface area is 101 Å². The number of ether oxygens (including phenoxy) is 1. The van der Waals surface area contributed by atoms with Crippen molar-refractivity contribution in [2.75, 3.05) is 6.61 Å². The number of hydrogen-bond acceptors (Lipinski definition) is 3. The molecule has 0 aliphatic heterocycles. The normalized spacial score (nSPS) is 14.2. The van der Waals surface area contributed by atoms with Crippen LogP contribution >= 0.6 is 0 Å². The van der Waals surface area contributed by atoms with E-state index < -0.39 is 12.1 Å². The minimum absolute atomic E-state index is 0.173. The van der Waals surface area contributed by atoms with Gasteiger partial charge in [0.1, 0.15) is 5.75 Å². The van der Waals surface area contributed by atoms with Gasteiger partial charge in [-0.3, -0.25) is 0 Å². The summed E-state index contributed by atoms with van der Waals surface area (Å²) in [6.07, 6.45) is -0.170. The molecule has 0 amide bonds. The summed E-state index contributed by atoms with van der Waals surface area (Å²) < 4.78 is 5.28. The number of phenolic OH excluding ortho intramolecular Hbond substituents is 1. The number of carbonyl (C=O) groups is 1. The third-order valence-electron chi connectivity index (χ3n) is 2.72. The third-order valence-corrected chi connectivity index (χ3v) is 2.72. The number of carboxylic acids is 1. The molecule has 17 heavy (non-hydrogen) atoms. The van der Waals surface area contributed by atoms with Gasteiger partial charge in [0.2, 0.25) is 0 Å². The van der Waals surface area contributed by atoms with Gasteiger partial charge in [0, 0.05) is 12.5 Å². The van der Waals surface area contributed by atoms with Crippen molar-refractivity contribution >= 4 is 5.97 Å². The highest BCUT2D eigenvalue weighted by Gasteiger charge is 2.28. The Morgan fingerprint density at radius 2 is 1.88 bits per heavy atom. The number of phenols is 1. The molecule has 0 fully saturated rings. The molecule has 0 aliphatic carbocycles. The fourth-order valence-corrected chi connectivity index (χ4v) is 1.89. The lowest BCUT2D eigenvalue weighted by Gasteiger charge is -2.23. The predicted octanol–water partition coefficient (Wildman–Crippen LogP) is 2.38.